The number of amides is 2. The van der Waals surface area contributed by atoms with Crippen molar-refractivity contribution >= 4 is 23.1 Å². The van der Waals surface area contributed by atoms with Crippen LogP contribution in [0.5, 0.6) is 0 Å². The molecule has 1 fully saturated rings. The smallest absolute Gasteiger partial charge is 0.323 e. The zero-order chi connectivity index (χ0) is 19.9. The number of carbonyl (C=O) groups excluding carboxylic acids is 1. The van der Waals surface area contributed by atoms with Crippen molar-refractivity contribution < 1.29 is 9.69 Å². The Bertz CT molecular complexity index is 780. The van der Waals surface area contributed by atoms with Crippen LogP contribution in [-0.2, 0) is 6.42 Å². The predicted octanol–water partition coefficient (Wildman–Crippen LogP) is 3.32. The van der Waals surface area contributed by atoms with E-state index >= 15 is 0 Å². The number of aryl methyl sites for hydroxylation is 2. The van der Waals surface area contributed by atoms with E-state index in [1.165, 1.54) is 37.2 Å². The first-order valence-electron chi connectivity index (χ1n) is 10.4. The van der Waals surface area contributed by atoms with Gasteiger partial charge in [-0.1, -0.05) is 25.5 Å². The van der Waals surface area contributed by atoms with Crippen LogP contribution in [0.15, 0.2) is 42.5 Å². The first kappa shape index (κ1) is 20.2. The predicted molar refractivity (Wildman–Crippen MR) is 118 cm³/mol. The van der Waals surface area contributed by atoms with Gasteiger partial charge in [-0.3, -0.25) is 0 Å². The van der Waals surface area contributed by atoms with Crippen molar-refractivity contribution in [1.29, 1.82) is 0 Å². The number of rotatable bonds is 6. The molecular formula is C23H33N4O+. The van der Waals surface area contributed by atoms with Crippen LogP contribution in [0, 0.1) is 6.92 Å². The molecule has 150 valence electrons. The number of carbonyl (C=O) groups is 1. The van der Waals surface area contributed by atoms with Gasteiger partial charge in [-0.05, 0) is 61.2 Å². The lowest BCUT2D eigenvalue weighted by Crippen LogP contribution is -3.12. The lowest BCUT2D eigenvalue weighted by Gasteiger charge is -2.31. The molecule has 5 heteroatoms. The van der Waals surface area contributed by atoms with E-state index in [0.29, 0.717) is 0 Å². The summed E-state index contributed by atoms with van der Waals surface area (Å²) in [5.74, 6) is 0. The number of nitrogens with zero attached hydrogens (tertiary/aromatic N) is 1. The topological polar surface area (TPSA) is 48.8 Å². The Morgan fingerprint density at radius 1 is 1.07 bits per heavy atom. The van der Waals surface area contributed by atoms with Gasteiger partial charge in [0.15, 0.2) is 0 Å². The number of likely N-dealkylation sites (N-methyl/N-ethyl adjacent to an activating group) is 1. The third-order valence-electron chi connectivity index (χ3n) is 5.47. The van der Waals surface area contributed by atoms with Gasteiger partial charge in [-0.2, -0.15) is 0 Å². The van der Waals surface area contributed by atoms with Crippen molar-refractivity contribution in [3.8, 4) is 0 Å². The van der Waals surface area contributed by atoms with Crippen LogP contribution >= 0.6 is 0 Å². The minimum Gasteiger partial charge on any atom is -0.360 e. The van der Waals surface area contributed by atoms with Gasteiger partial charge in [0.2, 0.25) is 0 Å². The van der Waals surface area contributed by atoms with Gasteiger partial charge in [-0.15, -0.1) is 0 Å². The van der Waals surface area contributed by atoms with Gasteiger partial charge in [-0.25, -0.2) is 4.79 Å². The molecule has 0 unspecified atom stereocenters. The number of quaternary nitrogens is 1. The molecule has 3 rings (SSSR count). The highest BCUT2D eigenvalue weighted by Gasteiger charge is 2.16. The summed E-state index contributed by atoms with van der Waals surface area (Å²) in [4.78, 5) is 16.4. The van der Waals surface area contributed by atoms with Crippen molar-refractivity contribution in [3.63, 3.8) is 0 Å². The average Bonchev–Trinajstić information content (AvgIpc) is 2.69. The number of hydrogen-bond acceptors (Lipinski definition) is 2. The van der Waals surface area contributed by atoms with Crippen LogP contribution in [0.2, 0.25) is 0 Å². The first-order valence-corrected chi connectivity index (χ1v) is 10.4. The Labute approximate surface area is 168 Å². The molecular weight excluding hydrogens is 348 g/mol. The number of piperazine rings is 1. The summed E-state index contributed by atoms with van der Waals surface area (Å²) in [5, 5.41) is 5.89. The number of benzene rings is 2. The van der Waals surface area contributed by atoms with Gasteiger partial charge >= 0.3 is 6.03 Å². The third kappa shape index (κ3) is 5.49. The number of anilines is 3. The lowest BCUT2D eigenvalue weighted by atomic mass is 10.0. The lowest BCUT2D eigenvalue weighted by molar-refractivity contribution is -0.880. The summed E-state index contributed by atoms with van der Waals surface area (Å²) in [5.41, 5.74) is 5.30. The normalized spacial score (nSPS) is 14.8. The van der Waals surface area contributed by atoms with E-state index < -0.39 is 0 Å². The summed E-state index contributed by atoms with van der Waals surface area (Å²) >= 11 is 0. The second-order valence-electron chi connectivity index (χ2n) is 7.82. The maximum absolute atomic E-state index is 12.4. The van der Waals surface area contributed by atoms with Gasteiger partial charge in [0.05, 0.1) is 33.2 Å². The molecule has 1 aliphatic heterocycles. The molecule has 0 saturated carbocycles. The van der Waals surface area contributed by atoms with Gasteiger partial charge < -0.3 is 20.4 Å². The number of nitrogens with one attached hydrogen (secondary N) is 3. The van der Waals surface area contributed by atoms with Crippen molar-refractivity contribution in [2.45, 2.75) is 33.1 Å². The molecule has 0 atom stereocenters. The zero-order valence-electron chi connectivity index (χ0n) is 17.3. The fourth-order valence-corrected chi connectivity index (χ4v) is 3.59. The van der Waals surface area contributed by atoms with E-state index in [4.69, 9.17) is 0 Å². The molecule has 1 aliphatic rings. The zero-order valence-corrected chi connectivity index (χ0v) is 17.3. The molecule has 2 aromatic carbocycles. The molecule has 0 bridgehead atoms. The van der Waals surface area contributed by atoms with E-state index in [9.17, 15) is 4.79 Å². The Hall–Kier alpha value is -2.53. The first-order chi connectivity index (χ1) is 13.5. The van der Waals surface area contributed by atoms with Crippen LogP contribution < -0.4 is 20.4 Å². The summed E-state index contributed by atoms with van der Waals surface area (Å²) in [6.45, 7) is 8.72. The molecule has 1 saturated heterocycles. The second-order valence-corrected chi connectivity index (χ2v) is 7.82. The molecule has 2 aromatic rings. The molecule has 0 aliphatic carbocycles. The van der Waals surface area contributed by atoms with Crippen molar-refractivity contribution in [2.24, 2.45) is 0 Å². The van der Waals surface area contributed by atoms with Crippen LogP contribution in [0.4, 0.5) is 21.9 Å². The van der Waals surface area contributed by atoms with E-state index in [0.717, 1.165) is 36.4 Å². The molecule has 0 radical (unpaired) electrons. The maximum Gasteiger partial charge on any atom is 0.323 e. The molecule has 28 heavy (non-hydrogen) atoms. The number of hydrogen-bond donors (Lipinski definition) is 3. The highest BCUT2D eigenvalue weighted by atomic mass is 16.2. The highest BCUT2D eigenvalue weighted by molar-refractivity contribution is 6.00. The third-order valence-corrected chi connectivity index (χ3v) is 5.47. The molecule has 0 aromatic heterocycles. The fourth-order valence-electron chi connectivity index (χ4n) is 3.59. The van der Waals surface area contributed by atoms with E-state index in [2.05, 4.69) is 53.8 Å². The van der Waals surface area contributed by atoms with Crippen LogP contribution in [0.3, 0.4) is 0 Å². The van der Waals surface area contributed by atoms with Crippen LogP contribution in [-0.4, -0.2) is 39.3 Å². The minimum absolute atomic E-state index is 0.208. The Balaban J connectivity index is 1.54. The summed E-state index contributed by atoms with van der Waals surface area (Å²) in [6.07, 6.45) is 3.47. The van der Waals surface area contributed by atoms with Crippen LogP contribution in [0.1, 0.15) is 30.9 Å². The van der Waals surface area contributed by atoms with E-state index in [-0.39, 0.29) is 6.03 Å². The monoisotopic (exact) mass is 381 g/mol. The van der Waals surface area contributed by atoms with Crippen LogP contribution in [0.25, 0.3) is 0 Å². The quantitative estimate of drug-likeness (QED) is 0.719. The fraction of sp³-hybridized carbons (Fsp3) is 0.435. The SMILES string of the molecule is CCCCc1ccc(NC(=O)Nc2ccc(N3CC[NH+](C)CC3)cc2)c(C)c1. The molecule has 3 N–H and O–H groups in total. The van der Waals surface area contributed by atoms with Crippen molar-refractivity contribution in [2.75, 3.05) is 48.8 Å². The maximum atomic E-state index is 12.4. The summed E-state index contributed by atoms with van der Waals surface area (Å²) in [6, 6.07) is 14.2. The highest BCUT2D eigenvalue weighted by Crippen LogP contribution is 2.20. The molecule has 2 amide bonds. The molecule has 5 nitrogen and oxygen atoms in total. The largest absolute Gasteiger partial charge is 0.360 e. The average molecular weight is 382 g/mol. The summed E-state index contributed by atoms with van der Waals surface area (Å²) in [7, 11) is 2.24. The Morgan fingerprint density at radius 3 is 2.43 bits per heavy atom. The second kappa shape index (κ2) is 9.60. The van der Waals surface area contributed by atoms with Gasteiger partial charge in [0, 0.05) is 17.1 Å². The van der Waals surface area contributed by atoms with E-state index in [1.807, 2.05) is 25.1 Å². The number of urea groups is 1. The van der Waals surface area contributed by atoms with Gasteiger partial charge in [0.1, 0.15) is 0 Å². The number of unbranched alkanes of at least 4 members (excludes halogenated alkanes) is 1. The Morgan fingerprint density at radius 2 is 1.79 bits per heavy atom. The minimum atomic E-state index is -0.208. The Kier molecular flexibility index (Phi) is 6.93. The van der Waals surface area contributed by atoms with Gasteiger partial charge in [0.25, 0.3) is 0 Å². The van der Waals surface area contributed by atoms with E-state index in [1.54, 1.807) is 4.90 Å². The molecule has 0 spiro atoms. The molecule has 1 heterocycles. The van der Waals surface area contributed by atoms with Crippen molar-refractivity contribution in [3.05, 3.63) is 53.6 Å². The summed E-state index contributed by atoms with van der Waals surface area (Å²) < 4.78 is 0. The van der Waals surface area contributed by atoms with Crippen molar-refractivity contribution in [1.82, 2.24) is 0 Å². The standard InChI is InChI=1S/C23H32N4O/c1-4-5-6-19-7-12-22(18(2)17-19)25-23(28)24-20-8-10-21(11-9-20)27-15-13-26(3)14-16-27/h7-12,17H,4-6,13-16H2,1-3H3,(H2,24,25,28)/p+1.